The van der Waals surface area contributed by atoms with E-state index in [1.54, 1.807) is 0 Å². The van der Waals surface area contributed by atoms with E-state index in [0.717, 1.165) is 6.42 Å². The van der Waals surface area contributed by atoms with Crippen LogP contribution in [0.25, 0.3) is 0 Å². The van der Waals surface area contributed by atoms with E-state index in [1.165, 1.54) is 0 Å². The van der Waals surface area contributed by atoms with Crippen LogP contribution in [0.15, 0.2) is 17.0 Å². The number of primary sulfonamides is 1. The molecule has 0 saturated heterocycles. The first-order chi connectivity index (χ1) is 8.79. The molecule has 0 radical (unpaired) electrons. The molecule has 19 heavy (non-hydrogen) atoms. The lowest BCUT2D eigenvalue weighted by Gasteiger charge is -2.24. The molecule has 1 amide bonds. The van der Waals surface area contributed by atoms with Crippen LogP contribution >= 0.6 is 0 Å². The van der Waals surface area contributed by atoms with Gasteiger partial charge in [0.05, 0.1) is 4.90 Å². The van der Waals surface area contributed by atoms with Crippen LogP contribution in [0, 0.1) is 17.6 Å². The topological polar surface area (TPSA) is 89.3 Å². The van der Waals surface area contributed by atoms with Crippen LogP contribution in [-0.4, -0.2) is 14.3 Å². The van der Waals surface area contributed by atoms with Gasteiger partial charge >= 0.3 is 0 Å². The van der Waals surface area contributed by atoms with Crippen molar-refractivity contribution < 1.29 is 22.0 Å². The number of nitrogens with one attached hydrogen (secondary N) is 1. The Morgan fingerprint density at radius 1 is 1.26 bits per heavy atom. The number of rotatable bonds is 3. The summed E-state index contributed by atoms with van der Waals surface area (Å²) in [6, 6.07) is 1.16. The molecule has 1 aliphatic rings. The molecule has 1 aromatic rings. The van der Waals surface area contributed by atoms with E-state index in [9.17, 15) is 22.0 Å². The highest BCUT2D eigenvalue weighted by Gasteiger charge is 2.27. The van der Waals surface area contributed by atoms with Gasteiger partial charge in [0.1, 0.15) is 5.69 Å². The zero-order valence-corrected chi connectivity index (χ0v) is 10.6. The van der Waals surface area contributed by atoms with E-state index in [2.05, 4.69) is 5.32 Å². The normalized spacial score (nSPS) is 15.9. The first-order valence-corrected chi connectivity index (χ1v) is 7.16. The number of hydrogen-bond donors (Lipinski definition) is 2. The maximum atomic E-state index is 13.6. The van der Waals surface area contributed by atoms with Gasteiger partial charge in [-0.15, -0.1) is 0 Å². The lowest BCUT2D eigenvalue weighted by atomic mass is 9.85. The van der Waals surface area contributed by atoms with Crippen molar-refractivity contribution in [1.29, 1.82) is 0 Å². The Bertz CT molecular complexity index is 604. The third kappa shape index (κ3) is 2.90. The van der Waals surface area contributed by atoms with Crippen LogP contribution in [0.1, 0.15) is 19.3 Å². The first kappa shape index (κ1) is 13.9. The molecule has 0 heterocycles. The molecule has 0 unspecified atom stereocenters. The minimum Gasteiger partial charge on any atom is -0.321 e. The minimum absolute atomic E-state index is 0.239. The molecule has 2 rings (SSSR count). The van der Waals surface area contributed by atoms with Crippen LogP contribution in [0.2, 0.25) is 0 Å². The van der Waals surface area contributed by atoms with Crippen molar-refractivity contribution in [2.45, 2.75) is 24.2 Å². The third-order valence-corrected chi connectivity index (χ3v) is 3.96. The number of nitrogens with two attached hydrogens (primary N) is 1. The second-order valence-corrected chi connectivity index (χ2v) is 5.99. The van der Waals surface area contributed by atoms with Crippen LogP contribution in [-0.2, 0) is 14.8 Å². The van der Waals surface area contributed by atoms with Crippen molar-refractivity contribution in [2.75, 3.05) is 5.32 Å². The smallest absolute Gasteiger partial charge is 0.238 e. The molecule has 1 aliphatic carbocycles. The van der Waals surface area contributed by atoms with E-state index in [4.69, 9.17) is 5.14 Å². The second kappa shape index (κ2) is 4.86. The van der Waals surface area contributed by atoms with Gasteiger partial charge in [-0.2, -0.15) is 0 Å². The van der Waals surface area contributed by atoms with Crippen LogP contribution in [0.5, 0.6) is 0 Å². The maximum Gasteiger partial charge on any atom is 0.238 e. The number of sulfonamides is 1. The minimum atomic E-state index is -4.20. The van der Waals surface area contributed by atoms with Crippen molar-refractivity contribution in [3.63, 3.8) is 0 Å². The molecule has 1 fully saturated rings. The molecular weight excluding hydrogens is 278 g/mol. The average molecular weight is 290 g/mol. The van der Waals surface area contributed by atoms with Gasteiger partial charge in [-0.05, 0) is 25.0 Å². The Kier molecular flexibility index (Phi) is 3.55. The fourth-order valence-electron chi connectivity index (χ4n) is 1.73. The SMILES string of the molecule is NS(=O)(=O)c1cc(F)c(NC(=O)C2CCC2)c(F)c1. The van der Waals surface area contributed by atoms with Gasteiger partial charge in [0.25, 0.3) is 0 Å². The van der Waals surface area contributed by atoms with Crippen molar-refractivity contribution in [1.82, 2.24) is 0 Å². The van der Waals surface area contributed by atoms with Crippen LogP contribution in [0.3, 0.4) is 0 Å². The molecule has 104 valence electrons. The molecule has 1 aromatic carbocycles. The predicted molar refractivity (Wildman–Crippen MR) is 63.7 cm³/mol. The number of benzene rings is 1. The fourth-order valence-corrected chi connectivity index (χ4v) is 2.26. The van der Waals surface area contributed by atoms with Gasteiger partial charge in [0, 0.05) is 5.92 Å². The van der Waals surface area contributed by atoms with Crippen molar-refractivity contribution >= 4 is 21.6 Å². The average Bonchev–Trinajstić information content (AvgIpc) is 2.19. The van der Waals surface area contributed by atoms with Crippen molar-refractivity contribution in [3.8, 4) is 0 Å². The van der Waals surface area contributed by atoms with Crippen molar-refractivity contribution in [3.05, 3.63) is 23.8 Å². The molecule has 5 nitrogen and oxygen atoms in total. The number of halogens is 2. The molecule has 0 aromatic heterocycles. The van der Waals surface area contributed by atoms with Gasteiger partial charge in [0.15, 0.2) is 11.6 Å². The lowest BCUT2D eigenvalue weighted by Crippen LogP contribution is -2.29. The number of anilines is 1. The number of carbonyl (C=O) groups is 1. The van der Waals surface area contributed by atoms with E-state index in [0.29, 0.717) is 25.0 Å². The first-order valence-electron chi connectivity index (χ1n) is 5.62. The van der Waals surface area contributed by atoms with Gasteiger partial charge in [-0.1, -0.05) is 6.42 Å². The molecule has 8 heteroatoms. The highest BCUT2D eigenvalue weighted by molar-refractivity contribution is 7.89. The van der Waals surface area contributed by atoms with Gasteiger partial charge in [-0.25, -0.2) is 22.3 Å². The second-order valence-electron chi connectivity index (χ2n) is 4.42. The predicted octanol–water partition coefficient (Wildman–Crippen LogP) is 1.35. The molecule has 0 spiro atoms. The fraction of sp³-hybridized carbons (Fsp3) is 0.364. The molecule has 0 atom stereocenters. The number of amides is 1. The Balaban J connectivity index is 2.29. The highest BCUT2D eigenvalue weighted by atomic mass is 32.2. The summed E-state index contributed by atoms with van der Waals surface area (Å²) in [5.74, 6) is -3.04. The standard InChI is InChI=1S/C11H12F2N2O3S/c12-8-4-7(19(14,17)18)5-9(13)10(8)15-11(16)6-2-1-3-6/h4-6H,1-3H2,(H,15,16)(H2,14,17,18). The number of hydrogen-bond acceptors (Lipinski definition) is 3. The largest absolute Gasteiger partial charge is 0.321 e. The Morgan fingerprint density at radius 3 is 2.16 bits per heavy atom. The van der Waals surface area contributed by atoms with Gasteiger partial charge in [0.2, 0.25) is 15.9 Å². The number of carbonyl (C=O) groups excluding carboxylic acids is 1. The summed E-state index contributed by atoms with van der Waals surface area (Å²) < 4.78 is 49.2. The zero-order chi connectivity index (χ0) is 14.2. The van der Waals surface area contributed by atoms with E-state index in [1.807, 2.05) is 0 Å². The summed E-state index contributed by atoms with van der Waals surface area (Å²) in [5, 5.41) is 6.91. The highest BCUT2D eigenvalue weighted by Crippen LogP contribution is 2.29. The van der Waals surface area contributed by atoms with Crippen LogP contribution in [0.4, 0.5) is 14.5 Å². The summed E-state index contributed by atoms with van der Waals surface area (Å²) in [4.78, 5) is 10.9. The molecule has 1 saturated carbocycles. The summed E-state index contributed by atoms with van der Waals surface area (Å²) in [7, 11) is -4.20. The lowest BCUT2D eigenvalue weighted by molar-refractivity contribution is -0.122. The Morgan fingerprint density at radius 2 is 1.79 bits per heavy atom. The monoisotopic (exact) mass is 290 g/mol. The summed E-state index contributed by atoms with van der Waals surface area (Å²) in [6.45, 7) is 0. The Hall–Kier alpha value is -1.54. The third-order valence-electron chi connectivity index (χ3n) is 3.07. The van der Waals surface area contributed by atoms with E-state index < -0.39 is 38.1 Å². The molecular formula is C11H12F2N2O3S. The van der Waals surface area contributed by atoms with E-state index in [-0.39, 0.29) is 5.92 Å². The van der Waals surface area contributed by atoms with Crippen LogP contribution < -0.4 is 10.5 Å². The zero-order valence-electron chi connectivity index (χ0n) is 9.82. The quantitative estimate of drug-likeness (QED) is 0.880. The van der Waals surface area contributed by atoms with Gasteiger partial charge < -0.3 is 5.32 Å². The molecule has 0 aliphatic heterocycles. The Labute approximate surface area is 108 Å². The molecule has 3 N–H and O–H groups in total. The summed E-state index contributed by atoms with van der Waals surface area (Å²) in [6.07, 6.45) is 2.28. The summed E-state index contributed by atoms with van der Waals surface area (Å²) in [5.41, 5.74) is -0.649. The van der Waals surface area contributed by atoms with E-state index >= 15 is 0 Å². The summed E-state index contributed by atoms with van der Waals surface area (Å²) >= 11 is 0. The maximum absolute atomic E-state index is 13.6. The van der Waals surface area contributed by atoms with Crippen molar-refractivity contribution in [2.24, 2.45) is 11.1 Å². The van der Waals surface area contributed by atoms with Gasteiger partial charge in [-0.3, -0.25) is 4.79 Å². The molecule has 0 bridgehead atoms.